The monoisotopic (exact) mass is 310 g/mol. The second kappa shape index (κ2) is 6.38. The van der Waals surface area contributed by atoms with Crippen molar-refractivity contribution >= 4 is 39.1 Å². The minimum absolute atomic E-state index is 0.0147. The number of hydrogen-bond acceptors (Lipinski definition) is 3. The smallest absolute Gasteiger partial charge is 0.240 e. The number of primary amides is 1. The molecule has 1 amide bonds. The van der Waals surface area contributed by atoms with E-state index in [0.29, 0.717) is 6.42 Å². The van der Waals surface area contributed by atoms with Gasteiger partial charge in [0.1, 0.15) is 0 Å². The average Bonchev–Trinajstić information content (AvgIpc) is 2.23. The maximum atomic E-state index is 11.8. The average molecular weight is 311 g/mol. The summed E-state index contributed by atoms with van der Waals surface area (Å²) in [6.45, 7) is 0.120. The fourth-order valence-corrected chi connectivity index (χ4v) is 3.04. The maximum absolute atomic E-state index is 11.8. The van der Waals surface area contributed by atoms with E-state index in [2.05, 4.69) is 4.72 Å². The van der Waals surface area contributed by atoms with E-state index in [-0.39, 0.29) is 27.9 Å². The molecule has 0 aliphatic carbocycles. The number of benzene rings is 1. The Bertz CT molecular complexity index is 526. The third-order valence-corrected chi connectivity index (χ3v) is 3.92. The first-order chi connectivity index (χ1) is 8.31. The number of carbonyl (C=O) groups excluding carboxylic acids is 1. The second-order valence-corrected chi connectivity index (χ2v) is 6.21. The Labute approximate surface area is 115 Å². The molecule has 1 aromatic carbocycles. The van der Waals surface area contributed by atoms with Gasteiger partial charge in [0.15, 0.2) is 0 Å². The first-order valence-corrected chi connectivity index (χ1v) is 7.29. The van der Waals surface area contributed by atoms with Crippen molar-refractivity contribution in [3.8, 4) is 0 Å². The molecule has 0 aliphatic heterocycles. The molecule has 0 saturated carbocycles. The van der Waals surface area contributed by atoms with Crippen molar-refractivity contribution in [3.05, 3.63) is 28.2 Å². The van der Waals surface area contributed by atoms with Crippen molar-refractivity contribution in [2.75, 3.05) is 6.54 Å². The predicted octanol–water partition coefficient (Wildman–Crippen LogP) is 1.54. The third kappa shape index (κ3) is 4.81. The summed E-state index contributed by atoms with van der Waals surface area (Å²) >= 11 is 11.4. The normalized spacial score (nSPS) is 11.4. The van der Waals surface area contributed by atoms with Crippen LogP contribution in [-0.2, 0) is 14.8 Å². The van der Waals surface area contributed by atoms with Crippen LogP contribution in [0.1, 0.15) is 12.8 Å². The van der Waals surface area contributed by atoms with Crippen LogP contribution in [0.4, 0.5) is 0 Å². The van der Waals surface area contributed by atoms with E-state index in [9.17, 15) is 13.2 Å². The fourth-order valence-electron chi connectivity index (χ4n) is 1.24. The summed E-state index contributed by atoms with van der Waals surface area (Å²) in [5.74, 6) is -0.472. The summed E-state index contributed by atoms with van der Waals surface area (Å²) < 4.78 is 26.0. The van der Waals surface area contributed by atoms with Gasteiger partial charge in [-0.25, -0.2) is 13.1 Å². The maximum Gasteiger partial charge on any atom is 0.240 e. The second-order valence-electron chi connectivity index (χ2n) is 3.57. The van der Waals surface area contributed by atoms with E-state index in [1.165, 1.54) is 18.2 Å². The number of rotatable bonds is 6. The molecule has 0 aliphatic rings. The van der Waals surface area contributed by atoms with Gasteiger partial charge in [-0.05, 0) is 24.6 Å². The zero-order valence-corrected chi connectivity index (χ0v) is 11.6. The van der Waals surface area contributed by atoms with E-state index in [1.807, 2.05) is 0 Å². The minimum Gasteiger partial charge on any atom is -0.370 e. The highest BCUT2D eigenvalue weighted by Crippen LogP contribution is 2.22. The summed E-state index contributed by atoms with van der Waals surface area (Å²) in [6, 6.07) is 4.03. The molecular weight excluding hydrogens is 299 g/mol. The summed E-state index contributed by atoms with van der Waals surface area (Å²) in [6.07, 6.45) is 0.460. The topological polar surface area (TPSA) is 89.3 Å². The van der Waals surface area contributed by atoms with Gasteiger partial charge in [-0.3, -0.25) is 4.79 Å². The van der Waals surface area contributed by atoms with Crippen LogP contribution in [0.3, 0.4) is 0 Å². The SMILES string of the molecule is NC(=O)CCCNS(=O)(=O)c1cc(Cl)cc(Cl)c1. The molecule has 0 unspecified atom stereocenters. The Morgan fingerprint density at radius 2 is 1.78 bits per heavy atom. The highest BCUT2D eigenvalue weighted by atomic mass is 35.5. The molecule has 1 aromatic rings. The molecule has 100 valence electrons. The van der Waals surface area contributed by atoms with Crippen LogP contribution in [0.2, 0.25) is 10.0 Å². The molecule has 0 bridgehead atoms. The highest BCUT2D eigenvalue weighted by molar-refractivity contribution is 7.89. The number of sulfonamides is 1. The number of amides is 1. The Morgan fingerprint density at radius 3 is 2.28 bits per heavy atom. The molecule has 0 saturated heterocycles. The number of hydrogen-bond donors (Lipinski definition) is 2. The van der Waals surface area contributed by atoms with Gasteiger partial charge in [0.2, 0.25) is 15.9 Å². The Hall–Kier alpha value is -0.820. The van der Waals surface area contributed by atoms with Gasteiger partial charge in [-0.15, -0.1) is 0 Å². The molecule has 5 nitrogen and oxygen atoms in total. The number of halogens is 2. The summed E-state index contributed by atoms with van der Waals surface area (Å²) in [4.78, 5) is 10.5. The molecule has 0 heterocycles. The van der Waals surface area contributed by atoms with Crippen LogP contribution < -0.4 is 10.5 Å². The molecule has 0 radical (unpaired) electrons. The first kappa shape index (κ1) is 15.2. The van der Waals surface area contributed by atoms with Crippen molar-refractivity contribution in [1.82, 2.24) is 4.72 Å². The lowest BCUT2D eigenvalue weighted by atomic mass is 10.3. The van der Waals surface area contributed by atoms with E-state index in [0.717, 1.165) is 0 Å². The molecule has 0 aromatic heterocycles. The molecule has 0 atom stereocenters. The summed E-state index contributed by atoms with van der Waals surface area (Å²) in [5.41, 5.74) is 4.94. The van der Waals surface area contributed by atoms with Crippen LogP contribution in [0.5, 0.6) is 0 Å². The Kier molecular flexibility index (Phi) is 5.40. The van der Waals surface area contributed by atoms with Crippen LogP contribution >= 0.6 is 23.2 Å². The lowest BCUT2D eigenvalue weighted by Crippen LogP contribution is -2.25. The number of carbonyl (C=O) groups is 1. The zero-order chi connectivity index (χ0) is 13.8. The van der Waals surface area contributed by atoms with E-state index in [1.54, 1.807) is 0 Å². The van der Waals surface area contributed by atoms with Gasteiger partial charge in [-0.1, -0.05) is 23.2 Å². The molecule has 18 heavy (non-hydrogen) atoms. The standard InChI is InChI=1S/C10H12Cl2N2O3S/c11-7-4-8(12)6-9(5-7)18(16,17)14-3-1-2-10(13)15/h4-6,14H,1-3H2,(H2,13,15). The number of nitrogens with two attached hydrogens (primary N) is 1. The van der Waals surface area contributed by atoms with Crippen molar-refractivity contribution < 1.29 is 13.2 Å². The van der Waals surface area contributed by atoms with Crippen LogP contribution in [-0.4, -0.2) is 20.9 Å². The van der Waals surface area contributed by atoms with Crippen LogP contribution in [0.15, 0.2) is 23.1 Å². The molecule has 8 heteroatoms. The fraction of sp³-hybridized carbons (Fsp3) is 0.300. The van der Waals surface area contributed by atoms with Gasteiger partial charge in [0.05, 0.1) is 4.90 Å². The van der Waals surface area contributed by atoms with Gasteiger partial charge in [-0.2, -0.15) is 0 Å². The van der Waals surface area contributed by atoms with E-state index >= 15 is 0 Å². The van der Waals surface area contributed by atoms with Crippen molar-refractivity contribution in [2.45, 2.75) is 17.7 Å². The van der Waals surface area contributed by atoms with Crippen LogP contribution in [0.25, 0.3) is 0 Å². The van der Waals surface area contributed by atoms with Crippen molar-refractivity contribution in [2.24, 2.45) is 5.73 Å². The quantitative estimate of drug-likeness (QED) is 0.781. The molecule has 1 rings (SSSR count). The van der Waals surface area contributed by atoms with Crippen molar-refractivity contribution in [3.63, 3.8) is 0 Å². The summed E-state index contributed by atoms with van der Waals surface area (Å²) in [5, 5.41) is 0.472. The summed E-state index contributed by atoms with van der Waals surface area (Å²) in [7, 11) is -3.67. The molecule has 3 N–H and O–H groups in total. The Morgan fingerprint density at radius 1 is 1.22 bits per heavy atom. The first-order valence-electron chi connectivity index (χ1n) is 5.05. The van der Waals surface area contributed by atoms with E-state index in [4.69, 9.17) is 28.9 Å². The van der Waals surface area contributed by atoms with Gasteiger partial charge < -0.3 is 5.73 Å². The lowest BCUT2D eigenvalue weighted by Gasteiger charge is -2.07. The van der Waals surface area contributed by atoms with Gasteiger partial charge in [0.25, 0.3) is 0 Å². The number of nitrogens with one attached hydrogen (secondary N) is 1. The van der Waals surface area contributed by atoms with Gasteiger partial charge in [0, 0.05) is 23.0 Å². The predicted molar refractivity (Wildman–Crippen MR) is 70.1 cm³/mol. The highest BCUT2D eigenvalue weighted by Gasteiger charge is 2.14. The molecular formula is C10H12Cl2N2O3S. The van der Waals surface area contributed by atoms with Gasteiger partial charge >= 0.3 is 0 Å². The van der Waals surface area contributed by atoms with Crippen molar-refractivity contribution in [1.29, 1.82) is 0 Å². The van der Waals surface area contributed by atoms with E-state index < -0.39 is 15.9 Å². The third-order valence-electron chi connectivity index (χ3n) is 2.04. The van der Waals surface area contributed by atoms with Crippen LogP contribution in [0, 0.1) is 0 Å². The Balaban J connectivity index is 2.71. The molecule has 0 fully saturated rings. The minimum atomic E-state index is -3.67. The molecule has 0 spiro atoms. The lowest BCUT2D eigenvalue weighted by molar-refractivity contribution is -0.118. The largest absolute Gasteiger partial charge is 0.370 e. The zero-order valence-electron chi connectivity index (χ0n) is 9.32.